The minimum Gasteiger partial charge on any atom is -0.324 e. The summed E-state index contributed by atoms with van der Waals surface area (Å²) in [5, 5.41) is 6.93. The molecule has 1 atom stereocenters. The molecule has 142 valence electrons. The molecule has 0 amide bonds. The minimum atomic E-state index is 0.207. The van der Waals surface area contributed by atoms with Gasteiger partial charge < -0.3 is 5.73 Å². The van der Waals surface area contributed by atoms with E-state index in [-0.39, 0.29) is 5.92 Å². The van der Waals surface area contributed by atoms with Crippen LogP contribution in [0.1, 0.15) is 30.9 Å². The van der Waals surface area contributed by atoms with Crippen molar-refractivity contribution in [2.24, 2.45) is 15.8 Å². The fourth-order valence-corrected chi connectivity index (χ4v) is 3.34. The molecule has 0 bridgehead atoms. The van der Waals surface area contributed by atoms with Gasteiger partial charge in [0, 0.05) is 5.92 Å². The Hall–Kier alpha value is -2.50. The quantitative estimate of drug-likeness (QED) is 0.607. The second kappa shape index (κ2) is 9.44. The minimum absolute atomic E-state index is 0.207. The van der Waals surface area contributed by atoms with E-state index >= 15 is 0 Å². The molecule has 1 unspecified atom stereocenters. The number of amidine groups is 1. The topological polar surface area (TPSA) is 57.2 Å². The summed E-state index contributed by atoms with van der Waals surface area (Å²) in [6, 6.07) is 20.9. The van der Waals surface area contributed by atoms with Crippen LogP contribution < -0.4 is 5.73 Å². The fraction of sp³-hybridized carbons (Fsp3) is 0.364. The van der Waals surface area contributed by atoms with Crippen molar-refractivity contribution in [3.05, 3.63) is 71.8 Å². The monoisotopic (exact) mass is 363 g/mol. The molecule has 2 aromatic carbocycles. The van der Waals surface area contributed by atoms with Crippen LogP contribution in [-0.4, -0.2) is 54.3 Å². The zero-order valence-corrected chi connectivity index (χ0v) is 16.3. The van der Waals surface area contributed by atoms with Gasteiger partial charge in [-0.05, 0) is 24.2 Å². The maximum absolute atomic E-state index is 6.03. The largest absolute Gasteiger partial charge is 0.324 e. The highest BCUT2D eigenvalue weighted by Gasteiger charge is 2.30. The third-order valence-corrected chi connectivity index (χ3v) is 5.01. The average Bonchev–Trinajstić information content (AvgIpc) is 3.18. The van der Waals surface area contributed by atoms with Crippen LogP contribution in [0.4, 0.5) is 0 Å². The summed E-state index contributed by atoms with van der Waals surface area (Å²) < 4.78 is 0. The predicted molar refractivity (Wildman–Crippen MR) is 113 cm³/mol. The standard InChI is InChI=1S/C22H29N5/c1-3-26(4-2)17-24-21(15-23)27-16-20(18-11-7-5-8-12-18)22(25-27)19-13-9-6-10-14-19/h5-14,20H,3-4,15-17,23H2,1-2H3. The first-order chi connectivity index (χ1) is 13.3. The summed E-state index contributed by atoms with van der Waals surface area (Å²) in [4.78, 5) is 7.02. The van der Waals surface area contributed by atoms with Crippen molar-refractivity contribution >= 4 is 11.5 Å². The van der Waals surface area contributed by atoms with E-state index in [9.17, 15) is 0 Å². The van der Waals surface area contributed by atoms with Crippen molar-refractivity contribution in [1.82, 2.24) is 9.91 Å². The summed E-state index contributed by atoms with van der Waals surface area (Å²) >= 11 is 0. The smallest absolute Gasteiger partial charge is 0.135 e. The number of aliphatic imine (C=N–C) groups is 1. The molecule has 2 N–H and O–H groups in total. The molecular weight excluding hydrogens is 334 g/mol. The fourth-order valence-electron chi connectivity index (χ4n) is 3.34. The number of hydrogen-bond acceptors (Lipinski definition) is 4. The highest BCUT2D eigenvalue weighted by molar-refractivity contribution is 6.07. The molecule has 3 rings (SSSR count). The van der Waals surface area contributed by atoms with E-state index in [1.165, 1.54) is 5.56 Å². The number of hydrogen-bond donors (Lipinski definition) is 1. The number of nitrogens with zero attached hydrogens (tertiary/aromatic N) is 4. The molecule has 0 saturated carbocycles. The van der Waals surface area contributed by atoms with E-state index in [0.29, 0.717) is 13.2 Å². The molecule has 1 aliphatic heterocycles. The van der Waals surface area contributed by atoms with E-state index in [4.69, 9.17) is 15.8 Å². The predicted octanol–water partition coefficient (Wildman–Crippen LogP) is 3.15. The van der Waals surface area contributed by atoms with Gasteiger partial charge in [0.1, 0.15) is 5.84 Å². The molecule has 2 aromatic rings. The van der Waals surface area contributed by atoms with Crippen molar-refractivity contribution in [3.63, 3.8) is 0 Å². The molecule has 0 spiro atoms. The Morgan fingerprint density at radius 1 is 1.07 bits per heavy atom. The molecular formula is C22H29N5. The van der Waals surface area contributed by atoms with Gasteiger partial charge >= 0.3 is 0 Å². The second-order valence-electron chi connectivity index (χ2n) is 6.62. The van der Waals surface area contributed by atoms with Crippen molar-refractivity contribution < 1.29 is 0 Å². The molecule has 0 radical (unpaired) electrons. The molecule has 0 aromatic heterocycles. The van der Waals surface area contributed by atoms with Crippen LogP contribution >= 0.6 is 0 Å². The normalized spacial score (nSPS) is 17.5. The first-order valence-electron chi connectivity index (χ1n) is 9.68. The van der Waals surface area contributed by atoms with Gasteiger partial charge in [-0.3, -0.25) is 9.89 Å². The van der Waals surface area contributed by atoms with Crippen molar-refractivity contribution in [1.29, 1.82) is 0 Å². The Bertz CT molecular complexity index is 766. The highest BCUT2D eigenvalue weighted by atomic mass is 15.5. The van der Waals surface area contributed by atoms with Crippen LogP contribution in [0.5, 0.6) is 0 Å². The van der Waals surface area contributed by atoms with Gasteiger partial charge in [0.2, 0.25) is 0 Å². The van der Waals surface area contributed by atoms with Gasteiger partial charge in [0.05, 0.1) is 25.5 Å². The number of benzene rings is 2. The third kappa shape index (κ3) is 4.62. The molecule has 0 saturated heterocycles. The first-order valence-corrected chi connectivity index (χ1v) is 9.68. The molecule has 0 aliphatic carbocycles. The Kier molecular flexibility index (Phi) is 6.74. The lowest BCUT2D eigenvalue weighted by atomic mass is 9.91. The Morgan fingerprint density at radius 3 is 2.30 bits per heavy atom. The maximum atomic E-state index is 6.03. The van der Waals surface area contributed by atoms with E-state index in [1.807, 2.05) is 17.1 Å². The van der Waals surface area contributed by atoms with E-state index in [2.05, 4.69) is 67.3 Å². The zero-order valence-electron chi connectivity index (χ0n) is 16.3. The van der Waals surface area contributed by atoms with Crippen molar-refractivity contribution in [2.75, 3.05) is 32.8 Å². The van der Waals surface area contributed by atoms with E-state index in [0.717, 1.165) is 36.7 Å². The molecule has 5 heteroatoms. The SMILES string of the molecule is CCN(CC)CN=C(CN)N1CC(c2ccccc2)C(c2ccccc2)=N1. The number of rotatable bonds is 7. The molecule has 5 nitrogen and oxygen atoms in total. The van der Waals surface area contributed by atoms with Gasteiger partial charge in [-0.1, -0.05) is 74.5 Å². The summed E-state index contributed by atoms with van der Waals surface area (Å²) in [5.74, 6) is 1.05. The van der Waals surface area contributed by atoms with E-state index < -0.39 is 0 Å². The first kappa shape index (κ1) is 19.3. The number of hydrazone groups is 1. The number of nitrogens with two attached hydrogens (primary N) is 1. The third-order valence-electron chi connectivity index (χ3n) is 5.01. The van der Waals surface area contributed by atoms with Crippen molar-refractivity contribution in [2.45, 2.75) is 19.8 Å². The van der Waals surface area contributed by atoms with Crippen LogP contribution in [0.2, 0.25) is 0 Å². The summed E-state index contributed by atoms with van der Waals surface area (Å²) in [6.07, 6.45) is 0. The Morgan fingerprint density at radius 2 is 1.70 bits per heavy atom. The van der Waals surface area contributed by atoms with E-state index in [1.54, 1.807) is 0 Å². The lowest BCUT2D eigenvalue weighted by molar-refractivity contribution is 0.311. The zero-order chi connectivity index (χ0) is 19.1. The lowest BCUT2D eigenvalue weighted by Gasteiger charge is -2.20. The van der Waals surface area contributed by atoms with Gasteiger partial charge in [-0.25, -0.2) is 5.01 Å². The van der Waals surface area contributed by atoms with Crippen LogP contribution in [-0.2, 0) is 0 Å². The molecule has 27 heavy (non-hydrogen) atoms. The second-order valence-corrected chi connectivity index (χ2v) is 6.62. The Labute approximate surface area is 162 Å². The summed E-state index contributed by atoms with van der Waals surface area (Å²) in [5.41, 5.74) is 9.52. The maximum Gasteiger partial charge on any atom is 0.135 e. The van der Waals surface area contributed by atoms with Gasteiger partial charge in [0.25, 0.3) is 0 Å². The van der Waals surface area contributed by atoms with Crippen molar-refractivity contribution in [3.8, 4) is 0 Å². The van der Waals surface area contributed by atoms with Crippen LogP contribution in [0.25, 0.3) is 0 Å². The van der Waals surface area contributed by atoms with Crippen LogP contribution in [0, 0.1) is 0 Å². The summed E-state index contributed by atoms with van der Waals surface area (Å²) in [7, 11) is 0. The summed E-state index contributed by atoms with van der Waals surface area (Å²) in [6.45, 7) is 8.05. The molecule has 0 fully saturated rings. The van der Waals surface area contributed by atoms with Crippen LogP contribution in [0.15, 0.2) is 70.8 Å². The lowest BCUT2D eigenvalue weighted by Crippen LogP contribution is -2.34. The van der Waals surface area contributed by atoms with Gasteiger partial charge in [-0.15, -0.1) is 0 Å². The molecule has 1 heterocycles. The Balaban J connectivity index is 1.90. The highest BCUT2D eigenvalue weighted by Crippen LogP contribution is 2.28. The van der Waals surface area contributed by atoms with Crippen LogP contribution in [0.3, 0.4) is 0 Å². The van der Waals surface area contributed by atoms with Gasteiger partial charge in [0.15, 0.2) is 0 Å². The average molecular weight is 364 g/mol. The molecule has 1 aliphatic rings. The van der Waals surface area contributed by atoms with Gasteiger partial charge in [-0.2, -0.15) is 5.10 Å².